The number of aliphatic carboxylic acids is 1. The predicted octanol–water partition coefficient (Wildman–Crippen LogP) is -0.0819. The summed E-state index contributed by atoms with van der Waals surface area (Å²) >= 11 is 1.01. The minimum absolute atomic E-state index is 0.0275. The highest BCUT2D eigenvalue weighted by Gasteiger charge is 2.51. The lowest BCUT2D eigenvalue weighted by molar-refractivity contribution is -0.161. The van der Waals surface area contributed by atoms with Crippen LogP contribution in [0, 0.1) is 5.92 Å². The number of hydrogen-bond donors (Lipinski definition) is 3. The first kappa shape index (κ1) is 21.7. The van der Waals surface area contributed by atoms with E-state index in [4.69, 9.17) is 20.2 Å². The molecule has 2 rings (SSSR count). The summed E-state index contributed by atoms with van der Waals surface area (Å²) in [5, 5.41) is 14.2. The minimum Gasteiger partial charge on any atom is -0.478 e. The number of nitrogens with zero attached hydrogens (tertiary/aromatic N) is 3. The van der Waals surface area contributed by atoms with Crippen LogP contribution in [0.25, 0.3) is 0 Å². The maximum absolute atomic E-state index is 12.7. The van der Waals surface area contributed by atoms with Crippen LogP contribution in [-0.2, 0) is 29.5 Å². The predicted molar refractivity (Wildman–Crippen MR) is 96.8 cm³/mol. The Balaban J connectivity index is 2.26. The number of Topliss-reactive ketones (excluding diaryl/α,β-unsaturated/α-hetero) is 1. The Kier molecular flexibility index (Phi) is 5.77. The molecule has 1 aromatic rings. The maximum Gasteiger partial charge on any atom is 0.362 e. The number of rotatable bonds is 8. The molecule has 1 aromatic heterocycles. The molecule has 0 unspecified atom stereocenters. The molecule has 12 nitrogen and oxygen atoms in total. The van der Waals surface area contributed by atoms with Crippen LogP contribution < -0.4 is 5.73 Å². The van der Waals surface area contributed by atoms with Crippen LogP contribution in [-0.4, -0.2) is 62.4 Å². The normalized spacial score (nSPS) is 20.6. The third-order valence-electron chi connectivity index (χ3n) is 4.05. The van der Waals surface area contributed by atoms with E-state index < -0.39 is 51.9 Å². The number of carbonyl (C=O) groups is 3. The zero-order chi connectivity index (χ0) is 21.4. The van der Waals surface area contributed by atoms with Crippen molar-refractivity contribution in [2.24, 2.45) is 11.1 Å². The molecule has 0 saturated carbocycles. The van der Waals surface area contributed by atoms with E-state index in [0.717, 1.165) is 11.3 Å². The molecule has 1 aliphatic rings. The molecule has 0 radical (unpaired) electrons. The van der Waals surface area contributed by atoms with Gasteiger partial charge >= 0.3 is 16.3 Å². The summed E-state index contributed by atoms with van der Waals surface area (Å²) in [4.78, 5) is 44.7. The van der Waals surface area contributed by atoms with E-state index in [2.05, 4.69) is 10.1 Å². The van der Waals surface area contributed by atoms with Crippen LogP contribution >= 0.6 is 11.3 Å². The summed E-state index contributed by atoms with van der Waals surface area (Å²) < 4.78 is 31.6. The van der Waals surface area contributed by atoms with E-state index in [9.17, 15) is 22.8 Å². The fourth-order valence-electron chi connectivity index (χ4n) is 2.37. The van der Waals surface area contributed by atoms with E-state index >= 15 is 0 Å². The number of β-lactam (4-membered cyclic amide) rings is 1. The van der Waals surface area contributed by atoms with Crippen molar-refractivity contribution in [1.29, 1.82) is 0 Å². The summed E-state index contributed by atoms with van der Waals surface area (Å²) in [6.07, 6.45) is -0.445. The average Bonchev–Trinajstić information content (AvgIpc) is 2.97. The van der Waals surface area contributed by atoms with E-state index in [-0.39, 0.29) is 20.8 Å². The molecule has 14 heteroatoms. The SMILES string of the molecule is C[C@H]1[C@H](CC(=O)/C(=N\OC(C)(C)C(=O)O)c2csc(N)n2)C(=O)N1S(=O)(=O)O. The number of oxime groups is 1. The van der Waals surface area contributed by atoms with Crippen molar-refractivity contribution in [3.05, 3.63) is 11.1 Å². The van der Waals surface area contributed by atoms with Crippen molar-refractivity contribution in [1.82, 2.24) is 9.29 Å². The van der Waals surface area contributed by atoms with Crippen molar-refractivity contribution < 1.29 is 37.3 Å². The Morgan fingerprint density at radius 3 is 2.50 bits per heavy atom. The first-order valence-corrected chi connectivity index (χ1v) is 10.1. The number of nitrogen functional groups attached to an aromatic ring is 1. The van der Waals surface area contributed by atoms with Crippen molar-refractivity contribution in [3.8, 4) is 0 Å². The van der Waals surface area contributed by atoms with Gasteiger partial charge in [-0.15, -0.1) is 11.3 Å². The molecule has 154 valence electrons. The minimum atomic E-state index is -4.72. The molecule has 1 fully saturated rings. The average molecular weight is 434 g/mol. The van der Waals surface area contributed by atoms with Gasteiger partial charge in [0.25, 0.3) is 0 Å². The number of ketones is 1. The number of anilines is 1. The van der Waals surface area contributed by atoms with Gasteiger partial charge in [-0.3, -0.25) is 14.1 Å². The van der Waals surface area contributed by atoms with Gasteiger partial charge in [0.2, 0.25) is 11.5 Å². The number of aromatic nitrogens is 1. The highest BCUT2D eigenvalue weighted by atomic mass is 32.2. The lowest BCUT2D eigenvalue weighted by atomic mass is 9.86. The molecule has 0 aliphatic carbocycles. The van der Waals surface area contributed by atoms with Crippen molar-refractivity contribution in [2.45, 2.75) is 38.8 Å². The first-order chi connectivity index (χ1) is 12.8. The molecule has 0 aromatic carbocycles. The van der Waals surface area contributed by atoms with Gasteiger partial charge in [-0.05, 0) is 20.8 Å². The fourth-order valence-corrected chi connectivity index (χ4v) is 3.84. The summed E-state index contributed by atoms with van der Waals surface area (Å²) in [6.45, 7) is 3.80. The lowest BCUT2D eigenvalue weighted by Gasteiger charge is -2.41. The highest BCUT2D eigenvalue weighted by Crippen LogP contribution is 2.32. The van der Waals surface area contributed by atoms with Gasteiger partial charge in [0.05, 0.1) is 12.0 Å². The van der Waals surface area contributed by atoms with Crippen LogP contribution in [0.2, 0.25) is 0 Å². The first-order valence-electron chi connectivity index (χ1n) is 7.80. The maximum atomic E-state index is 12.7. The van der Waals surface area contributed by atoms with Crippen LogP contribution in [0.5, 0.6) is 0 Å². The lowest BCUT2D eigenvalue weighted by Crippen LogP contribution is -2.62. The van der Waals surface area contributed by atoms with E-state index in [1.54, 1.807) is 0 Å². The number of nitrogens with two attached hydrogens (primary N) is 1. The van der Waals surface area contributed by atoms with Crippen molar-refractivity contribution in [2.75, 3.05) is 5.73 Å². The molecule has 4 N–H and O–H groups in total. The molecule has 2 heterocycles. The van der Waals surface area contributed by atoms with Crippen molar-refractivity contribution >= 4 is 50.1 Å². The van der Waals surface area contributed by atoms with E-state index in [0.29, 0.717) is 0 Å². The second-order valence-corrected chi connectivity index (χ2v) is 8.68. The molecule has 0 spiro atoms. The molecular formula is C14H18N4O8S2. The summed E-state index contributed by atoms with van der Waals surface area (Å²) in [6, 6.07) is -0.940. The van der Waals surface area contributed by atoms with Crippen LogP contribution in [0.3, 0.4) is 0 Å². The molecule has 1 aliphatic heterocycles. The van der Waals surface area contributed by atoms with Crippen LogP contribution in [0.15, 0.2) is 10.5 Å². The number of thiazole rings is 1. The molecule has 2 atom stereocenters. The van der Waals surface area contributed by atoms with Gasteiger partial charge in [0.1, 0.15) is 5.69 Å². The van der Waals surface area contributed by atoms with Crippen LogP contribution in [0.1, 0.15) is 32.9 Å². The zero-order valence-corrected chi connectivity index (χ0v) is 16.7. The highest BCUT2D eigenvalue weighted by molar-refractivity contribution is 7.84. The molecule has 28 heavy (non-hydrogen) atoms. The summed E-state index contributed by atoms with van der Waals surface area (Å²) in [5.41, 5.74) is 3.48. The Morgan fingerprint density at radius 1 is 1.46 bits per heavy atom. The molecule has 1 amide bonds. The Hall–Kier alpha value is -2.58. The number of carbonyl (C=O) groups excluding carboxylic acids is 2. The number of carboxylic acid groups (broad SMARTS) is 1. The quantitative estimate of drug-likeness (QED) is 0.216. The largest absolute Gasteiger partial charge is 0.478 e. The molecular weight excluding hydrogens is 416 g/mol. The third-order valence-corrected chi connectivity index (χ3v) is 5.73. The standard InChI is InChI=1S/C14H18N4O8S2/c1-6-7(11(20)18(6)28(23,24)25)4-9(19)10(8-5-27-13(15)16-8)17-26-14(2,3)12(21)22/h5-7H,4H2,1-3H3,(H2,15,16)(H,21,22)(H,23,24,25)/b17-10-/t6-,7-/m0/s1. The topological polar surface area (TPSA) is 190 Å². The van der Waals surface area contributed by atoms with Gasteiger partial charge in [0, 0.05) is 11.8 Å². The summed E-state index contributed by atoms with van der Waals surface area (Å²) in [7, 11) is -4.72. The second kappa shape index (κ2) is 7.44. The molecule has 0 bridgehead atoms. The van der Waals surface area contributed by atoms with E-state index in [1.807, 2.05) is 0 Å². The van der Waals surface area contributed by atoms with Gasteiger partial charge in [-0.1, -0.05) is 5.16 Å². The number of hydrogen-bond acceptors (Lipinski definition) is 10. The van der Waals surface area contributed by atoms with Gasteiger partial charge in [-0.25, -0.2) is 14.1 Å². The van der Waals surface area contributed by atoms with E-state index in [1.165, 1.54) is 26.2 Å². The second-order valence-electron chi connectivity index (χ2n) is 6.50. The number of amides is 1. The van der Waals surface area contributed by atoms with Crippen LogP contribution in [0.4, 0.5) is 5.13 Å². The monoisotopic (exact) mass is 434 g/mol. The van der Waals surface area contributed by atoms with Crippen molar-refractivity contribution in [3.63, 3.8) is 0 Å². The summed E-state index contributed by atoms with van der Waals surface area (Å²) in [5.74, 6) is -4.01. The van der Waals surface area contributed by atoms with Gasteiger partial charge in [0.15, 0.2) is 16.6 Å². The van der Waals surface area contributed by atoms with Gasteiger partial charge < -0.3 is 15.7 Å². The smallest absolute Gasteiger partial charge is 0.362 e. The Bertz CT molecular complexity index is 952. The third kappa shape index (κ3) is 4.28. The zero-order valence-electron chi connectivity index (χ0n) is 15.0. The molecule has 1 saturated heterocycles. The van der Waals surface area contributed by atoms with Gasteiger partial charge in [-0.2, -0.15) is 8.42 Å². The Labute approximate surface area is 163 Å². The number of carboxylic acids is 1. The fraction of sp³-hybridized carbons (Fsp3) is 0.500. The Morgan fingerprint density at radius 2 is 2.07 bits per heavy atom.